The molecule has 2 heterocycles. The molecule has 2 aliphatic rings. The molecule has 0 aromatic heterocycles. The monoisotopic (exact) mass is 276 g/mol. The fraction of sp³-hybridized carbons (Fsp3) is 0.625. The molecular weight excluding hydrogens is 252 g/mol. The van der Waals surface area contributed by atoms with Gasteiger partial charge in [0.05, 0.1) is 0 Å². The molecule has 0 bridgehead atoms. The molecule has 1 aromatic rings. The molecule has 1 saturated heterocycles. The van der Waals surface area contributed by atoms with E-state index in [-0.39, 0.29) is 0 Å². The molecule has 2 unspecified atom stereocenters. The molecule has 4 heteroatoms. The van der Waals surface area contributed by atoms with Crippen molar-refractivity contribution >= 4 is 0 Å². The van der Waals surface area contributed by atoms with Gasteiger partial charge >= 0.3 is 0 Å². The normalized spacial score (nSPS) is 23.8. The minimum atomic E-state index is 0.339. The second-order valence-corrected chi connectivity index (χ2v) is 5.73. The lowest BCUT2D eigenvalue weighted by Gasteiger charge is -2.28. The third kappa shape index (κ3) is 2.76. The predicted molar refractivity (Wildman–Crippen MR) is 79.5 cm³/mol. The molecule has 0 spiro atoms. The van der Waals surface area contributed by atoms with E-state index in [0.29, 0.717) is 25.3 Å². The van der Waals surface area contributed by atoms with Crippen LogP contribution >= 0.6 is 0 Å². The summed E-state index contributed by atoms with van der Waals surface area (Å²) in [4.78, 5) is 2.57. The molecule has 3 rings (SSSR count). The number of benzene rings is 1. The maximum atomic E-state index is 5.68. The Balaban J connectivity index is 1.75. The Kier molecular flexibility index (Phi) is 4.13. The van der Waals surface area contributed by atoms with Crippen molar-refractivity contribution in [2.75, 3.05) is 33.4 Å². The second kappa shape index (κ2) is 6.02. The summed E-state index contributed by atoms with van der Waals surface area (Å²) in [6.45, 7) is 5.88. The van der Waals surface area contributed by atoms with Crippen molar-refractivity contribution in [3.05, 3.63) is 23.8 Å². The standard InChI is InChI=1S/C16H24N2O2/c1-12-4-3-7-18(12)11-14(17-2)13-5-6-15-16(10-13)20-9-8-19-15/h5-6,10,12,14,17H,3-4,7-9,11H2,1-2H3. The van der Waals surface area contributed by atoms with Crippen molar-refractivity contribution in [3.8, 4) is 11.5 Å². The molecule has 20 heavy (non-hydrogen) atoms. The average molecular weight is 276 g/mol. The number of fused-ring (bicyclic) bond motifs is 1. The van der Waals surface area contributed by atoms with E-state index in [1.165, 1.54) is 24.9 Å². The van der Waals surface area contributed by atoms with Gasteiger partial charge in [0, 0.05) is 18.6 Å². The molecule has 0 aliphatic carbocycles. The van der Waals surface area contributed by atoms with E-state index in [2.05, 4.69) is 29.3 Å². The molecule has 0 saturated carbocycles. The average Bonchev–Trinajstić information content (AvgIpc) is 2.89. The van der Waals surface area contributed by atoms with Crippen LogP contribution in [0.3, 0.4) is 0 Å². The highest BCUT2D eigenvalue weighted by atomic mass is 16.6. The lowest BCUT2D eigenvalue weighted by molar-refractivity contribution is 0.171. The van der Waals surface area contributed by atoms with Crippen molar-refractivity contribution < 1.29 is 9.47 Å². The molecule has 0 radical (unpaired) electrons. The fourth-order valence-corrected chi connectivity index (χ4v) is 3.14. The van der Waals surface area contributed by atoms with Crippen LogP contribution in [-0.4, -0.2) is 44.3 Å². The number of ether oxygens (including phenoxy) is 2. The minimum absolute atomic E-state index is 0.339. The van der Waals surface area contributed by atoms with E-state index in [4.69, 9.17) is 9.47 Å². The highest BCUT2D eigenvalue weighted by Crippen LogP contribution is 2.33. The van der Waals surface area contributed by atoms with Crippen LogP contribution in [0.25, 0.3) is 0 Å². The van der Waals surface area contributed by atoms with E-state index in [1.807, 2.05) is 13.1 Å². The molecule has 2 aliphatic heterocycles. The Morgan fingerprint density at radius 2 is 2.10 bits per heavy atom. The fourth-order valence-electron chi connectivity index (χ4n) is 3.14. The van der Waals surface area contributed by atoms with Crippen LogP contribution in [0.1, 0.15) is 31.4 Å². The number of rotatable bonds is 4. The Hall–Kier alpha value is -1.26. The van der Waals surface area contributed by atoms with Gasteiger partial charge in [0.25, 0.3) is 0 Å². The summed E-state index contributed by atoms with van der Waals surface area (Å²) in [5, 5.41) is 3.43. The number of nitrogens with one attached hydrogen (secondary N) is 1. The van der Waals surface area contributed by atoms with E-state index in [1.54, 1.807) is 0 Å². The highest BCUT2D eigenvalue weighted by Gasteiger charge is 2.24. The topological polar surface area (TPSA) is 33.7 Å². The molecule has 110 valence electrons. The summed E-state index contributed by atoms with van der Waals surface area (Å²) in [7, 11) is 2.03. The maximum absolute atomic E-state index is 5.68. The quantitative estimate of drug-likeness (QED) is 0.914. The van der Waals surface area contributed by atoms with Crippen molar-refractivity contribution in [3.63, 3.8) is 0 Å². The zero-order chi connectivity index (χ0) is 13.9. The van der Waals surface area contributed by atoms with Gasteiger partial charge in [-0.05, 0) is 51.1 Å². The SMILES string of the molecule is CNC(CN1CCCC1C)c1ccc2c(c1)OCCO2. The van der Waals surface area contributed by atoms with Gasteiger partial charge in [-0.15, -0.1) is 0 Å². The van der Waals surface area contributed by atoms with Crippen molar-refractivity contribution in [1.29, 1.82) is 0 Å². The van der Waals surface area contributed by atoms with Crippen LogP contribution in [0.4, 0.5) is 0 Å². The molecule has 2 atom stereocenters. The van der Waals surface area contributed by atoms with Crippen molar-refractivity contribution in [2.45, 2.75) is 31.8 Å². The first-order chi connectivity index (χ1) is 9.78. The largest absolute Gasteiger partial charge is 0.486 e. The maximum Gasteiger partial charge on any atom is 0.161 e. The van der Waals surface area contributed by atoms with Crippen LogP contribution in [0.5, 0.6) is 11.5 Å². The van der Waals surface area contributed by atoms with Gasteiger partial charge in [-0.25, -0.2) is 0 Å². The van der Waals surface area contributed by atoms with E-state index >= 15 is 0 Å². The molecular formula is C16H24N2O2. The Morgan fingerprint density at radius 1 is 1.30 bits per heavy atom. The van der Waals surface area contributed by atoms with Crippen molar-refractivity contribution in [1.82, 2.24) is 10.2 Å². The van der Waals surface area contributed by atoms with Crippen LogP contribution in [-0.2, 0) is 0 Å². The van der Waals surface area contributed by atoms with E-state index < -0.39 is 0 Å². The minimum Gasteiger partial charge on any atom is -0.486 e. The smallest absolute Gasteiger partial charge is 0.161 e. The zero-order valence-corrected chi connectivity index (χ0v) is 12.4. The lowest BCUT2D eigenvalue weighted by atomic mass is 10.1. The summed E-state index contributed by atoms with van der Waals surface area (Å²) >= 11 is 0. The van der Waals surface area contributed by atoms with Gasteiger partial charge < -0.3 is 14.8 Å². The van der Waals surface area contributed by atoms with Crippen LogP contribution < -0.4 is 14.8 Å². The van der Waals surface area contributed by atoms with Gasteiger partial charge in [0.2, 0.25) is 0 Å². The van der Waals surface area contributed by atoms with Crippen LogP contribution in [0.15, 0.2) is 18.2 Å². The number of hydrogen-bond donors (Lipinski definition) is 1. The molecule has 0 amide bonds. The number of hydrogen-bond acceptors (Lipinski definition) is 4. The van der Waals surface area contributed by atoms with Gasteiger partial charge in [-0.2, -0.15) is 0 Å². The summed E-state index contributed by atoms with van der Waals surface area (Å²) in [5.74, 6) is 1.74. The molecule has 4 nitrogen and oxygen atoms in total. The van der Waals surface area contributed by atoms with E-state index in [0.717, 1.165) is 18.0 Å². The van der Waals surface area contributed by atoms with Gasteiger partial charge in [0.1, 0.15) is 13.2 Å². The van der Waals surface area contributed by atoms with Crippen molar-refractivity contribution in [2.24, 2.45) is 0 Å². The van der Waals surface area contributed by atoms with Crippen LogP contribution in [0.2, 0.25) is 0 Å². The van der Waals surface area contributed by atoms with E-state index in [9.17, 15) is 0 Å². The first-order valence-electron chi connectivity index (χ1n) is 7.59. The molecule has 1 N–H and O–H groups in total. The van der Waals surface area contributed by atoms with Gasteiger partial charge in [-0.1, -0.05) is 6.07 Å². The molecule has 1 aromatic carbocycles. The molecule has 1 fully saturated rings. The number of likely N-dealkylation sites (N-methyl/N-ethyl adjacent to an activating group) is 1. The van der Waals surface area contributed by atoms with Gasteiger partial charge in [0.15, 0.2) is 11.5 Å². The lowest BCUT2D eigenvalue weighted by Crippen LogP contribution is -2.35. The zero-order valence-electron chi connectivity index (χ0n) is 12.4. The summed E-state index contributed by atoms with van der Waals surface area (Å²) in [5.41, 5.74) is 1.27. The Bertz CT molecular complexity index is 464. The number of likely N-dealkylation sites (tertiary alicyclic amines) is 1. The second-order valence-electron chi connectivity index (χ2n) is 5.73. The summed E-state index contributed by atoms with van der Waals surface area (Å²) < 4.78 is 11.3. The first kappa shape index (κ1) is 13.7. The third-order valence-electron chi connectivity index (χ3n) is 4.42. The third-order valence-corrected chi connectivity index (χ3v) is 4.42. The van der Waals surface area contributed by atoms with Crippen LogP contribution in [0, 0.1) is 0 Å². The summed E-state index contributed by atoms with van der Waals surface area (Å²) in [6.07, 6.45) is 2.64. The number of nitrogens with zero attached hydrogens (tertiary/aromatic N) is 1. The Morgan fingerprint density at radius 3 is 2.80 bits per heavy atom. The summed E-state index contributed by atoms with van der Waals surface area (Å²) in [6, 6.07) is 7.34. The predicted octanol–water partition coefficient (Wildman–Crippen LogP) is 2.20. The highest BCUT2D eigenvalue weighted by molar-refractivity contribution is 5.44. The Labute approximate surface area is 121 Å². The first-order valence-corrected chi connectivity index (χ1v) is 7.59. The van der Waals surface area contributed by atoms with Gasteiger partial charge in [-0.3, -0.25) is 4.90 Å².